The van der Waals surface area contributed by atoms with E-state index >= 15 is 0 Å². The summed E-state index contributed by atoms with van der Waals surface area (Å²) in [6.45, 7) is 5.29. The van der Waals surface area contributed by atoms with Crippen LogP contribution < -0.4 is 15.8 Å². The standard InChI is InChI=1S/C19H29N3O3/c1-14-6-5-8-17(12-14)25-15(2)19(24)22-11-4-3-7-16(22)13-21-18(23)9-10-20/h5-6,8,12,15-16H,3-4,7,9-11,13,20H2,1-2H3,(H,21,23). The van der Waals surface area contributed by atoms with Crippen LogP contribution in [0.2, 0.25) is 0 Å². The van der Waals surface area contributed by atoms with Crippen LogP contribution in [-0.2, 0) is 9.59 Å². The molecule has 1 heterocycles. The maximum absolute atomic E-state index is 12.8. The minimum absolute atomic E-state index is 0.0199. The fourth-order valence-electron chi connectivity index (χ4n) is 3.13. The quantitative estimate of drug-likeness (QED) is 0.785. The van der Waals surface area contributed by atoms with Crippen LogP contribution in [0.15, 0.2) is 24.3 Å². The SMILES string of the molecule is Cc1cccc(OC(C)C(=O)N2CCCCC2CNC(=O)CCN)c1. The highest BCUT2D eigenvalue weighted by Crippen LogP contribution is 2.20. The zero-order valence-corrected chi connectivity index (χ0v) is 15.2. The number of nitrogens with zero attached hydrogens (tertiary/aromatic N) is 1. The van der Waals surface area contributed by atoms with E-state index < -0.39 is 6.10 Å². The summed E-state index contributed by atoms with van der Waals surface area (Å²) in [4.78, 5) is 26.3. The van der Waals surface area contributed by atoms with Gasteiger partial charge in [0.05, 0.1) is 0 Å². The van der Waals surface area contributed by atoms with Gasteiger partial charge in [-0.05, 0) is 50.8 Å². The molecule has 25 heavy (non-hydrogen) atoms. The molecule has 1 aromatic carbocycles. The second kappa shape index (κ2) is 9.42. The summed E-state index contributed by atoms with van der Waals surface area (Å²) < 4.78 is 5.83. The predicted molar refractivity (Wildman–Crippen MR) is 97.3 cm³/mol. The largest absolute Gasteiger partial charge is 0.481 e. The van der Waals surface area contributed by atoms with Crippen molar-refractivity contribution >= 4 is 11.8 Å². The average molecular weight is 347 g/mol. The number of likely N-dealkylation sites (tertiary alicyclic amines) is 1. The lowest BCUT2D eigenvalue weighted by Crippen LogP contribution is -2.52. The van der Waals surface area contributed by atoms with Crippen LogP contribution in [0.1, 0.15) is 38.2 Å². The second-order valence-electron chi connectivity index (χ2n) is 6.60. The van der Waals surface area contributed by atoms with E-state index in [-0.39, 0.29) is 17.9 Å². The van der Waals surface area contributed by atoms with Crippen molar-refractivity contribution in [2.75, 3.05) is 19.6 Å². The molecule has 6 nitrogen and oxygen atoms in total. The lowest BCUT2D eigenvalue weighted by Gasteiger charge is -2.37. The Hall–Kier alpha value is -2.08. The van der Waals surface area contributed by atoms with Gasteiger partial charge >= 0.3 is 0 Å². The van der Waals surface area contributed by atoms with Gasteiger partial charge in [-0.3, -0.25) is 9.59 Å². The molecule has 0 saturated carbocycles. The molecule has 0 aliphatic carbocycles. The van der Waals surface area contributed by atoms with Gasteiger partial charge in [-0.25, -0.2) is 0 Å². The Bertz CT molecular complexity index is 591. The summed E-state index contributed by atoms with van der Waals surface area (Å²) >= 11 is 0. The van der Waals surface area contributed by atoms with Crippen molar-refractivity contribution in [2.45, 2.75) is 51.7 Å². The molecular formula is C19H29N3O3. The van der Waals surface area contributed by atoms with Gasteiger partial charge in [-0.2, -0.15) is 0 Å². The molecular weight excluding hydrogens is 318 g/mol. The van der Waals surface area contributed by atoms with Crippen LogP contribution in [0.25, 0.3) is 0 Å². The fraction of sp³-hybridized carbons (Fsp3) is 0.579. The summed E-state index contributed by atoms with van der Waals surface area (Å²) in [6.07, 6.45) is 2.70. The molecule has 1 aliphatic heterocycles. The first-order valence-corrected chi connectivity index (χ1v) is 9.02. The van der Waals surface area contributed by atoms with Crippen molar-refractivity contribution < 1.29 is 14.3 Å². The van der Waals surface area contributed by atoms with Crippen LogP contribution in [0.4, 0.5) is 0 Å². The smallest absolute Gasteiger partial charge is 0.263 e. The number of piperidine rings is 1. The predicted octanol–water partition coefficient (Wildman–Crippen LogP) is 1.61. The summed E-state index contributed by atoms with van der Waals surface area (Å²) in [6, 6.07) is 7.71. The van der Waals surface area contributed by atoms with E-state index in [1.165, 1.54) is 0 Å². The van der Waals surface area contributed by atoms with E-state index in [1.54, 1.807) is 6.92 Å². The van der Waals surface area contributed by atoms with E-state index in [0.29, 0.717) is 31.8 Å². The van der Waals surface area contributed by atoms with Crippen molar-refractivity contribution in [1.82, 2.24) is 10.2 Å². The summed E-state index contributed by atoms with van der Waals surface area (Å²) in [5.41, 5.74) is 6.49. The summed E-state index contributed by atoms with van der Waals surface area (Å²) in [7, 11) is 0. The van der Waals surface area contributed by atoms with Gasteiger partial charge in [0.2, 0.25) is 5.91 Å². The zero-order chi connectivity index (χ0) is 18.2. The van der Waals surface area contributed by atoms with Crippen molar-refractivity contribution in [2.24, 2.45) is 5.73 Å². The van der Waals surface area contributed by atoms with Gasteiger partial charge in [0.25, 0.3) is 5.91 Å². The number of rotatable bonds is 7. The molecule has 6 heteroatoms. The number of hydrogen-bond acceptors (Lipinski definition) is 4. The molecule has 2 rings (SSSR count). The van der Waals surface area contributed by atoms with Gasteiger partial charge < -0.3 is 20.7 Å². The number of benzene rings is 1. The third-order valence-electron chi connectivity index (χ3n) is 4.47. The number of carbonyl (C=O) groups is 2. The van der Waals surface area contributed by atoms with Crippen molar-refractivity contribution in [3.05, 3.63) is 29.8 Å². The second-order valence-corrected chi connectivity index (χ2v) is 6.60. The monoisotopic (exact) mass is 347 g/mol. The van der Waals surface area contributed by atoms with E-state index in [0.717, 1.165) is 24.8 Å². The number of nitrogens with one attached hydrogen (secondary N) is 1. The Kier molecular flexibility index (Phi) is 7.25. The number of hydrogen-bond donors (Lipinski definition) is 2. The first-order chi connectivity index (χ1) is 12.0. The Morgan fingerprint density at radius 3 is 2.92 bits per heavy atom. The Morgan fingerprint density at radius 2 is 2.20 bits per heavy atom. The average Bonchev–Trinajstić information content (AvgIpc) is 2.60. The molecule has 0 bridgehead atoms. The van der Waals surface area contributed by atoms with Crippen LogP contribution >= 0.6 is 0 Å². The lowest BCUT2D eigenvalue weighted by atomic mass is 10.0. The summed E-state index contributed by atoms with van der Waals surface area (Å²) in [5, 5.41) is 2.88. The number of nitrogens with two attached hydrogens (primary N) is 1. The molecule has 1 aromatic rings. The highest BCUT2D eigenvalue weighted by molar-refractivity contribution is 5.81. The molecule has 3 N–H and O–H groups in total. The van der Waals surface area contributed by atoms with Crippen LogP contribution in [0, 0.1) is 6.92 Å². The number of carbonyl (C=O) groups excluding carboxylic acids is 2. The Labute approximate surface area is 149 Å². The Balaban J connectivity index is 1.95. The first kappa shape index (κ1) is 19.2. The number of aryl methyl sites for hydroxylation is 1. The molecule has 138 valence electrons. The van der Waals surface area contributed by atoms with Gasteiger partial charge in [-0.15, -0.1) is 0 Å². The van der Waals surface area contributed by atoms with Gasteiger partial charge in [0.1, 0.15) is 5.75 Å². The molecule has 1 fully saturated rings. The van der Waals surface area contributed by atoms with Gasteiger partial charge in [0.15, 0.2) is 6.10 Å². The van der Waals surface area contributed by atoms with Crippen LogP contribution in [-0.4, -0.2) is 48.5 Å². The number of amides is 2. The van der Waals surface area contributed by atoms with E-state index in [1.807, 2.05) is 36.1 Å². The minimum atomic E-state index is -0.554. The molecule has 1 saturated heterocycles. The van der Waals surface area contributed by atoms with Crippen molar-refractivity contribution in [3.63, 3.8) is 0 Å². The maximum atomic E-state index is 12.8. The topological polar surface area (TPSA) is 84.7 Å². The molecule has 2 atom stereocenters. The zero-order valence-electron chi connectivity index (χ0n) is 15.2. The van der Waals surface area contributed by atoms with Crippen molar-refractivity contribution in [3.8, 4) is 5.75 Å². The van der Waals surface area contributed by atoms with E-state index in [4.69, 9.17) is 10.5 Å². The highest BCUT2D eigenvalue weighted by Gasteiger charge is 2.30. The first-order valence-electron chi connectivity index (χ1n) is 9.02. The Morgan fingerprint density at radius 1 is 1.40 bits per heavy atom. The highest BCUT2D eigenvalue weighted by atomic mass is 16.5. The maximum Gasteiger partial charge on any atom is 0.263 e. The van der Waals surface area contributed by atoms with E-state index in [2.05, 4.69) is 5.32 Å². The molecule has 2 unspecified atom stereocenters. The van der Waals surface area contributed by atoms with Gasteiger partial charge in [-0.1, -0.05) is 12.1 Å². The van der Waals surface area contributed by atoms with Gasteiger partial charge in [0, 0.05) is 32.1 Å². The normalized spacial score (nSPS) is 18.5. The molecule has 0 radical (unpaired) electrons. The summed E-state index contributed by atoms with van der Waals surface area (Å²) in [5.74, 6) is 0.606. The minimum Gasteiger partial charge on any atom is -0.481 e. The lowest BCUT2D eigenvalue weighted by molar-refractivity contribution is -0.142. The number of ether oxygens (including phenoxy) is 1. The van der Waals surface area contributed by atoms with Crippen molar-refractivity contribution in [1.29, 1.82) is 0 Å². The molecule has 1 aliphatic rings. The van der Waals surface area contributed by atoms with Crippen LogP contribution in [0.5, 0.6) is 5.75 Å². The van der Waals surface area contributed by atoms with Crippen LogP contribution in [0.3, 0.4) is 0 Å². The third-order valence-corrected chi connectivity index (χ3v) is 4.47. The molecule has 2 amide bonds. The fourth-order valence-corrected chi connectivity index (χ4v) is 3.13. The molecule has 0 aromatic heterocycles. The molecule has 0 spiro atoms. The van der Waals surface area contributed by atoms with E-state index in [9.17, 15) is 9.59 Å². The third kappa shape index (κ3) is 5.74.